The SMILES string of the molecule is Cn1ccc(C(O)c2cc(Br)ccc2Br)n1. The number of aromatic nitrogens is 2. The van der Waals surface area contributed by atoms with Crippen LogP contribution in [0.25, 0.3) is 0 Å². The molecule has 0 amide bonds. The number of aryl methyl sites for hydroxylation is 1. The summed E-state index contributed by atoms with van der Waals surface area (Å²) in [6, 6.07) is 7.49. The van der Waals surface area contributed by atoms with Crippen LogP contribution < -0.4 is 0 Å². The third kappa shape index (κ3) is 2.36. The summed E-state index contributed by atoms with van der Waals surface area (Å²) in [6.45, 7) is 0. The zero-order valence-corrected chi connectivity index (χ0v) is 11.7. The zero-order chi connectivity index (χ0) is 11.7. The molecule has 16 heavy (non-hydrogen) atoms. The molecule has 2 aromatic rings. The lowest BCUT2D eigenvalue weighted by Crippen LogP contribution is -2.02. The molecule has 1 aromatic carbocycles. The highest BCUT2D eigenvalue weighted by Crippen LogP contribution is 2.30. The first-order valence-electron chi connectivity index (χ1n) is 4.70. The van der Waals surface area contributed by atoms with E-state index < -0.39 is 6.10 Å². The van der Waals surface area contributed by atoms with Crippen molar-refractivity contribution < 1.29 is 5.11 Å². The van der Waals surface area contributed by atoms with Gasteiger partial charge < -0.3 is 5.11 Å². The zero-order valence-electron chi connectivity index (χ0n) is 8.56. The van der Waals surface area contributed by atoms with Crippen LogP contribution in [0.2, 0.25) is 0 Å². The van der Waals surface area contributed by atoms with Crippen LogP contribution in [0.5, 0.6) is 0 Å². The topological polar surface area (TPSA) is 38.0 Å². The van der Waals surface area contributed by atoms with E-state index in [2.05, 4.69) is 37.0 Å². The fraction of sp³-hybridized carbons (Fsp3) is 0.182. The Kier molecular flexibility index (Phi) is 3.47. The maximum Gasteiger partial charge on any atom is 0.124 e. The van der Waals surface area contributed by atoms with Crippen molar-refractivity contribution in [3.8, 4) is 0 Å². The summed E-state index contributed by atoms with van der Waals surface area (Å²) in [7, 11) is 1.83. The number of aliphatic hydroxyl groups excluding tert-OH is 1. The minimum absolute atomic E-state index is 0.640. The second-order valence-corrected chi connectivity index (χ2v) is 5.25. The van der Waals surface area contributed by atoms with Crippen LogP contribution in [0.1, 0.15) is 17.4 Å². The molecule has 1 aromatic heterocycles. The predicted molar refractivity (Wildman–Crippen MR) is 69.1 cm³/mol. The van der Waals surface area contributed by atoms with Crippen LogP contribution in [0.15, 0.2) is 39.4 Å². The Morgan fingerprint density at radius 1 is 1.31 bits per heavy atom. The van der Waals surface area contributed by atoms with Crippen molar-refractivity contribution in [3.05, 3.63) is 50.7 Å². The van der Waals surface area contributed by atoms with Crippen molar-refractivity contribution >= 4 is 31.9 Å². The van der Waals surface area contributed by atoms with Crippen LogP contribution in [-0.4, -0.2) is 14.9 Å². The normalized spacial score (nSPS) is 12.8. The third-order valence-corrected chi connectivity index (χ3v) is 3.48. The molecule has 0 aliphatic rings. The highest BCUT2D eigenvalue weighted by atomic mass is 79.9. The summed E-state index contributed by atoms with van der Waals surface area (Å²) < 4.78 is 3.47. The van der Waals surface area contributed by atoms with Crippen LogP contribution in [0.4, 0.5) is 0 Å². The van der Waals surface area contributed by atoms with Gasteiger partial charge in [-0.2, -0.15) is 5.10 Å². The Hall–Kier alpha value is -0.650. The van der Waals surface area contributed by atoms with Crippen molar-refractivity contribution in [2.75, 3.05) is 0 Å². The van der Waals surface area contributed by atoms with E-state index in [9.17, 15) is 5.11 Å². The summed E-state index contributed by atoms with van der Waals surface area (Å²) in [5, 5.41) is 14.4. The van der Waals surface area contributed by atoms with Gasteiger partial charge in [-0.05, 0) is 24.3 Å². The number of hydrogen-bond donors (Lipinski definition) is 1. The highest BCUT2D eigenvalue weighted by molar-refractivity contribution is 9.11. The van der Waals surface area contributed by atoms with E-state index in [1.165, 1.54) is 0 Å². The number of aliphatic hydroxyl groups is 1. The number of benzene rings is 1. The average Bonchev–Trinajstić information content (AvgIpc) is 2.67. The van der Waals surface area contributed by atoms with E-state index >= 15 is 0 Å². The van der Waals surface area contributed by atoms with Gasteiger partial charge in [-0.1, -0.05) is 31.9 Å². The minimum atomic E-state index is -0.715. The molecular formula is C11H10Br2N2O. The number of rotatable bonds is 2. The Morgan fingerprint density at radius 3 is 2.69 bits per heavy atom. The monoisotopic (exact) mass is 344 g/mol. The molecule has 0 bridgehead atoms. The molecule has 3 nitrogen and oxygen atoms in total. The molecule has 5 heteroatoms. The van der Waals surface area contributed by atoms with E-state index in [1.807, 2.05) is 31.4 Å². The summed E-state index contributed by atoms with van der Waals surface area (Å²) >= 11 is 6.80. The molecule has 1 atom stereocenters. The van der Waals surface area contributed by atoms with Crippen LogP contribution >= 0.6 is 31.9 Å². The quantitative estimate of drug-likeness (QED) is 0.908. The van der Waals surface area contributed by atoms with Crippen molar-refractivity contribution in [1.82, 2.24) is 9.78 Å². The van der Waals surface area contributed by atoms with Gasteiger partial charge in [0.15, 0.2) is 0 Å². The van der Waals surface area contributed by atoms with E-state index in [4.69, 9.17) is 0 Å². The summed E-state index contributed by atoms with van der Waals surface area (Å²) in [4.78, 5) is 0. The Balaban J connectivity index is 2.40. The van der Waals surface area contributed by atoms with Gasteiger partial charge in [-0.3, -0.25) is 4.68 Å². The number of halogens is 2. The van der Waals surface area contributed by atoms with E-state index in [0.717, 1.165) is 14.5 Å². The van der Waals surface area contributed by atoms with Gasteiger partial charge in [0.05, 0.1) is 5.69 Å². The lowest BCUT2D eigenvalue weighted by molar-refractivity contribution is 0.213. The molecule has 1 heterocycles. The first-order valence-corrected chi connectivity index (χ1v) is 6.29. The molecule has 0 aliphatic carbocycles. The second kappa shape index (κ2) is 4.69. The Morgan fingerprint density at radius 2 is 2.06 bits per heavy atom. The molecule has 84 valence electrons. The summed E-state index contributed by atoms with van der Waals surface area (Å²) in [5.41, 5.74) is 1.44. The minimum Gasteiger partial charge on any atom is -0.382 e. The molecular weight excluding hydrogens is 336 g/mol. The fourth-order valence-electron chi connectivity index (χ4n) is 1.46. The molecule has 0 fully saturated rings. The molecule has 0 saturated carbocycles. The lowest BCUT2D eigenvalue weighted by Gasteiger charge is -2.10. The van der Waals surface area contributed by atoms with Gasteiger partial charge in [0.2, 0.25) is 0 Å². The number of nitrogens with zero attached hydrogens (tertiary/aromatic N) is 2. The summed E-state index contributed by atoms with van der Waals surface area (Å²) in [5.74, 6) is 0. The fourth-order valence-corrected chi connectivity index (χ4v) is 2.30. The van der Waals surface area contributed by atoms with Crippen molar-refractivity contribution in [2.45, 2.75) is 6.10 Å². The molecule has 0 spiro atoms. The van der Waals surface area contributed by atoms with Gasteiger partial charge in [0.1, 0.15) is 6.10 Å². The van der Waals surface area contributed by atoms with Crippen molar-refractivity contribution in [2.24, 2.45) is 7.05 Å². The lowest BCUT2D eigenvalue weighted by atomic mass is 10.1. The molecule has 0 radical (unpaired) electrons. The van der Waals surface area contributed by atoms with Gasteiger partial charge in [0, 0.05) is 27.8 Å². The van der Waals surface area contributed by atoms with E-state index in [1.54, 1.807) is 10.7 Å². The van der Waals surface area contributed by atoms with Gasteiger partial charge in [-0.15, -0.1) is 0 Å². The van der Waals surface area contributed by atoms with Crippen LogP contribution in [-0.2, 0) is 7.05 Å². The van der Waals surface area contributed by atoms with Gasteiger partial charge in [0.25, 0.3) is 0 Å². The maximum atomic E-state index is 10.2. The van der Waals surface area contributed by atoms with Gasteiger partial charge in [-0.25, -0.2) is 0 Å². The maximum absolute atomic E-state index is 10.2. The second-order valence-electron chi connectivity index (χ2n) is 3.48. The molecule has 0 saturated heterocycles. The van der Waals surface area contributed by atoms with Crippen molar-refractivity contribution in [1.29, 1.82) is 0 Å². The van der Waals surface area contributed by atoms with Crippen LogP contribution in [0, 0.1) is 0 Å². The third-order valence-electron chi connectivity index (χ3n) is 2.27. The van der Waals surface area contributed by atoms with Crippen LogP contribution in [0.3, 0.4) is 0 Å². The average molecular weight is 346 g/mol. The predicted octanol–water partition coefficient (Wildman–Crippen LogP) is 3.03. The summed E-state index contributed by atoms with van der Waals surface area (Å²) in [6.07, 6.45) is 1.10. The van der Waals surface area contributed by atoms with E-state index in [0.29, 0.717) is 5.69 Å². The number of hydrogen-bond acceptors (Lipinski definition) is 2. The van der Waals surface area contributed by atoms with E-state index in [-0.39, 0.29) is 0 Å². The largest absolute Gasteiger partial charge is 0.382 e. The highest BCUT2D eigenvalue weighted by Gasteiger charge is 2.16. The molecule has 1 unspecified atom stereocenters. The Bertz CT molecular complexity index is 510. The first kappa shape index (κ1) is 11.8. The van der Waals surface area contributed by atoms with Crippen molar-refractivity contribution in [3.63, 3.8) is 0 Å². The molecule has 2 rings (SSSR count). The Labute approximate surface area is 110 Å². The first-order chi connectivity index (χ1) is 7.58. The smallest absolute Gasteiger partial charge is 0.124 e. The molecule has 0 aliphatic heterocycles. The molecule has 1 N–H and O–H groups in total. The standard InChI is InChI=1S/C11H10Br2N2O/c1-15-5-4-10(14-15)11(16)8-6-7(12)2-3-9(8)13/h2-6,11,16H,1H3. The van der Waals surface area contributed by atoms with Gasteiger partial charge >= 0.3 is 0 Å².